The molecule has 1 heterocycles. The standard InChI is InChI=1S/C17H25NO/c1-14(2)15-7-5-8-16(13-15)17(19)9-6-12-18-10-3-4-11-18/h5,7-8,13-14H,3-4,6,9-12H2,1-2H3. The summed E-state index contributed by atoms with van der Waals surface area (Å²) in [5.41, 5.74) is 2.14. The van der Waals surface area contributed by atoms with Gasteiger partial charge in [-0.1, -0.05) is 32.0 Å². The van der Waals surface area contributed by atoms with Gasteiger partial charge in [0.1, 0.15) is 0 Å². The summed E-state index contributed by atoms with van der Waals surface area (Å²) in [4.78, 5) is 14.6. The van der Waals surface area contributed by atoms with Gasteiger partial charge in [-0.25, -0.2) is 0 Å². The maximum Gasteiger partial charge on any atom is 0.162 e. The normalized spacial score (nSPS) is 16.2. The van der Waals surface area contributed by atoms with Gasteiger partial charge in [0.2, 0.25) is 0 Å². The van der Waals surface area contributed by atoms with Crippen LogP contribution in [0, 0.1) is 0 Å². The maximum absolute atomic E-state index is 12.2. The van der Waals surface area contributed by atoms with Crippen molar-refractivity contribution in [3.8, 4) is 0 Å². The zero-order valence-electron chi connectivity index (χ0n) is 12.2. The predicted octanol–water partition coefficient (Wildman–Crippen LogP) is 3.87. The molecule has 0 amide bonds. The monoisotopic (exact) mass is 259 g/mol. The van der Waals surface area contributed by atoms with Crippen LogP contribution in [0.1, 0.15) is 61.4 Å². The number of rotatable bonds is 6. The second-order valence-corrected chi connectivity index (χ2v) is 5.86. The van der Waals surface area contributed by atoms with Crippen LogP contribution in [0.3, 0.4) is 0 Å². The summed E-state index contributed by atoms with van der Waals surface area (Å²) in [6, 6.07) is 8.11. The number of ketones is 1. The van der Waals surface area contributed by atoms with Crippen LogP contribution < -0.4 is 0 Å². The number of nitrogens with zero attached hydrogens (tertiary/aromatic N) is 1. The SMILES string of the molecule is CC(C)c1cccc(C(=O)CCCN2CCCC2)c1. The van der Waals surface area contributed by atoms with Crippen molar-refractivity contribution in [1.82, 2.24) is 4.90 Å². The minimum atomic E-state index is 0.293. The van der Waals surface area contributed by atoms with E-state index in [1.165, 1.54) is 31.5 Å². The molecule has 0 aromatic heterocycles. The Bertz CT molecular complexity index is 419. The smallest absolute Gasteiger partial charge is 0.162 e. The van der Waals surface area contributed by atoms with Crippen molar-refractivity contribution in [3.05, 3.63) is 35.4 Å². The second kappa shape index (κ2) is 6.85. The maximum atomic E-state index is 12.2. The lowest BCUT2D eigenvalue weighted by Crippen LogP contribution is -2.21. The summed E-state index contributed by atoms with van der Waals surface area (Å²) < 4.78 is 0. The molecule has 0 bridgehead atoms. The Labute approximate surface area is 116 Å². The lowest BCUT2D eigenvalue weighted by atomic mass is 9.98. The third-order valence-corrected chi connectivity index (χ3v) is 3.95. The number of Topliss-reactive ketones (excluding diaryl/α,β-unsaturated/α-hetero) is 1. The molecule has 2 nitrogen and oxygen atoms in total. The van der Waals surface area contributed by atoms with E-state index >= 15 is 0 Å². The Morgan fingerprint density at radius 2 is 2.00 bits per heavy atom. The minimum absolute atomic E-state index is 0.293. The molecule has 0 spiro atoms. The van der Waals surface area contributed by atoms with Gasteiger partial charge in [-0.3, -0.25) is 4.79 Å². The molecular weight excluding hydrogens is 234 g/mol. The molecule has 1 aliphatic rings. The zero-order chi connectivity index (χ0) is 13.7. The van der Waals surface area contributed by atoms with Crippen LogP contribution in [-0.4, -0.2) is 30.3 Å². The molecule has 2 heteroatoms. The highest BCUT2D eigenvalue weighted by molar-refractivity contribution is 5.96. The Balaban J connectivity index is 1.83. The highest BCUT2D eigenvalue weighted by Gasteiger charge is 2.12. The number of hydrogen-bond donors (Lipinski definition) is 0. The van der Waals surface area contributed by atoms with Crippen molar-refractivity contribution in [1.29, 1.82) is 0 Å². The Morgan fingerprint density at radius 1 is 1.26 bits per heavy atom. The van der Waals surface area contributed by atoms with Crippen molar-refractivity contribution in [2.75, 3.05) is 19.6 Å². The zero-order valence-corrected chi connectivity index (χ0v) is 12.2. The predicted molar refractivity (Wildman–Crippen MR) is 79.8 cm³/mol. The van der Waals surface area contributed by atoms with Crippen LogP contribution in [0.2, 0.25) is 0 Å². The first-order valence-electron chi connectivity index (χ1n) is 7.52. The largest absolute Gasteiger partial charge is 0.303 e. The van der Waals surface area contributed by atoms with Crippen LogP contribution in [0.5, 0.6) is 0 Å². The highest BCUT2D eigenvalue weighted by atomic mass is 16.1. The van der Waals surface area contributed by atoms with E-state index < -0.39 is 0 Å². The molecule has 0 saturated carbocycles. The van der Waals surface area contributed by atoms with Crippen LogP contribution in [0.4, 0.5) is 0 Å². The molecule has 0 radical (unpaired) electrons. The molecule has 0 unspecified atom stereocenters. The van der Waals surface area contributed by atoms with Gasteiger partial charge in [-0.05, 0) is 56.4 Å². The first-order chi connectivity index (χ1) is 9.16. The molecule has 2 rings (SSSR count). The fourth-order valence-corrected chi connectivity index (χ4v) is 2.69. The van der Waals surface area contributed by atoms with E-state index in [1.54, 1.807) is 0 Å². The van der Waals surface area contributed by atoms with Gasteiger partial charge in [0, 0.05) is 12.0 Å². The Hall–Kier alpha value is -1.15. The Kier molecular flexibility index (Phi) is 5.15. The topological polar surface area (TPSA) is 20.3 Å². The highest BCUT2D eigenvalue weighted by Crippen LogP contribution is 2.17. The first-order valence-corrected chi connectivity index (χ1v) is 7.52. The van der Waals surface area contributed by atoms with E-state index in [0.717, 1.165) is 18.5 Å². The van der Waals surface area contributed by atoms with Gasteiger partial charge < -0.3 is 4.90 Å². The first kappa shape index (κ1) is 14.3. The summed E-state index contributed by atoms with van der Waals surface area (Å²) in [5, 5.41) is 0. The van der Waals surface area contributed by atoms with Gasteiger partial charge in [-0.15, -0.1) is 0 Å². The number of hydrogen-bond acceptors (Lipinski definition) is 2. The van der Waals surface area contributed by atoms with Gasteiger partial charge in [0.25, 0.3) is 0 Å². The van der Waals surface area contributed by atoms with Gasteiger partial charge >= 0.3 is 0 Å². The Morgan fingerprint density at radius 3 is 2.68 bits per heavy atom. The fraction of sp³-hybridized carbons (Fsp3) is 0.588. The quantitative estimate of drug-likeness (QED) is 0.723. The molecule has 1 aliphatic heterocycles. The molecule has 19 heavy (non-hydrogen) atoms. The van der Waals surface area contributed by atoms with Crippen molar-refractivity contribution in [2.24, 2.45) is 0 Å². The second-order valence-electron chi connectivity index (χ2n) is 5.86. The molecule has 0 aliphatic carbocycles. The molecular formula is C17H25NO. The lowest BCUT2D eigenvalue weighted by Gasteiger charge is -2.13. The third-order valence-electron chi connectivity index (χ3n) is 3.95. The van der Waals surface area contributed by atoms with E-state index in [0.29, 0.717) is 18.1 Å². The number of benzene rings is 1. The van der Waals surface area contributed by atoms with E-state index in [9.17, 15) is 4.79 Å². The third kappa shape index (κ3) is 4.17. The molecule has 1 aromatic rings. The van der Waals surface area contributed by atoms with Crippen molar-refractivity contribution < 1.29 is 4.79 Å². The summed E-state index contributed by atoms with van der Waals surface area (Å²) in [6.45, 7) is 7.84. The van der Waals surface area contributed by atoms with Crippen LogP contribution >= 0.6 is 0 Å². The summed E-state index contributed by atoms with van der Waals surface area (Å²) in [6.07, 6.45) is 4.32. The van der Waals surface area contributed by atoms with E-state index in [2.05, 4.69) is 30.9 Å². The molecule has 0 N–H and O–H groups in total. The molecule has 1 aromatic carbocycles. The number of carbonyl (C=O) groups excluding carboxylic acids is 1. The molecule has 0 atom stereocenters. The average molecular weight is 259 g/mol. The van der Waals surface area contributed by atoms with Crippen molar-refractivity contribution in [2.45, 2.75) is 45.4 Å². The van der Waals surface area contributed by atoms with Gasteiger partial charge in [0.05, 0.1) is 0 Å². The number of carbonyl (C=O) groups is 1. The van der Waals surface area contributed by atoms with Crippen LogP contribution in [0.15, 0.2) is 24.3 Å². The molecule has 1 saturated heterocycles. The number of likely N-dealkylation sites (tertiary alicyclic amines) is 1. The average Bonchev–Trinajstić information content (AvgIpc) is 2.92. The van der Waals surface area contributed by atoms with E-state index in [1.807, 2.05) is 12.1 Å². The van der Waals surface area contributed by atoms with E-state index in [-0.39, 0.29) is 0 Å². The fourth-order valence-electron chi connectivity index (χ4n) is 2.69. The van der Waals surface area contributed by atoms with Gasteiger partial charge in [-0.2, -0.15) is 0 Å². The summed E-state index contributed by atoms with van der Waals surface area (Å²) in [7, 11) is 0. The summed E-state index contributed by atoms with van der Waals surface area (Å²) in [5.74, 6) is 0.777. The minimum Gasteiger partial charge on any atom is -0.303 e. The molecule has 104 valence electrons. The lowest BCUT2D eigenvalue weighted by molar-refractivity contribution is 0.0976. The van der Waals surface area contributed by atoms with Crippen molar-refractivity contribution >= 4 is 5.78 Å². The van der Waals surface area contributed by atoms with Crippen LogP contribution in [-0.2, 0) is 0 Å². The molecule has 1 fully saturated rings. The van der Waals surface area contributed by atoms with Crippen LogP contribution in [0.25, 0.3) is 0 Å². The van der Waals surface area contributed by atoms with E-state index in [4.69, 9.17) is 0 Å². The summed E-state index contributed by atoms with van der Waals surface area (Å²) >= 11 is 0. The van der Waals surface area contributed by atoms with Crippen molar-refractivity contribution in [3.63, 3.8) is 0 Å². The van der Waals surface area contributed by atoms with Gasteiger partial charge in [0.15, 0.2) is 5.78 Å².